The molecule has 0 aliphatic heterocycles. The van der Waals surface area contributed by atoms with E-state index in [4.69, 9.17) is 9.47 Å². The molecule has 0 heterocycles. The lowest BCUT2D eigenvalue weighted by Crippen LogP contribution is -2.33. The topological polar surface area (TPSA) is 18.5 Å². The van der Waals surface area contributed by atoms with Crippen molar-refractivity contribution in [2.75, 3.05) is 13.9 Å². The van der Waals surface area contributed by atoms with E-state index in [0.29, 0.717) is 30.5 Å². The first-order valence-corrected chi connectivity index (χ1v) is 7.71. The van der Waals surface area contributed by atoms with Gasteiger partial charge < -0.3 is 9.47 Å². The van der Waals surface area contributed by atoms with E-state index < -0.39 is 0 Å². The van der Waals surface area contributed by atoms with Crippen LogP contribution in [-0.4, -0.2) is 20.0 Å². The second-order valence-electron chi connectivity index (χ2n) is 6.30. The number of hydrogen-bond donors (Lipinski definition) is 0. The minimum Gasteiger partial charge on any atom is -0.359 e. The molecule has 2 bridgehead atoms. The summed E-state index contributed by atoms with van der Waals surface area (Å²) < 4.78 is 11.1. The van der Waals surface area contributed by atoms with Gasteiger partial charge in [-0.25, -0.2) is 0 Å². The number of benzene rings is 1. The molecule has 1 aromatic carbocycles. The lowest BCUT2D eigenvalue weighted by molar-refractivity contribution is -0.0828. The molecule has 1 saturated carbocycles. The minimum atomic E-state index is 0.0649. The molecule has 2 aliphatic rings. The predicted octanol–water partition coefficient (Wildman–Crippen LogP) is 4.16. The summed E-state index contributed by atoms with van der Waals surface area (Å²) in [6, 6.07) is 10.8. The third-order valence-electron chi connectivity index (χ3n) is 4.91. The second-order valence-corrected chi connectivity index (χ2v) is 6.30. The quantitative estimate of drug-likeness (QED) is 0.577. The third kappa shape index (κ3) is 2.70. The van der Waals surface area contributed by atoms with Crippen LogP contribution < -0.4 is 0 Å². The zero-order valence-electron chi connectivity index (χ0n) is 12.9. The molecular formula is C19H24O2. The van der Waals surface area contributed by atoms with Crippen LogP contribution in [0.4, 0.5) is 0 Å². The molecular weight excluding hydrogens is 260 g/mol. The lowest BCUT2D eigenvalue weighted by atomic mass is 9.74. The SMILES string of the molecule is C=C(C)C(OCOC)[C@H]1[C@H](c2ccccc2)[C@H]2C=C[C@@H]1C2. The van der Waals surface area contributed by atoms with Crippen molar-refractivity contribution >= 4 is 0 Å². The van der Waals surface area contributed by atoms with Crippen molar-refractivity contribution < 1.29 is 9.47 Å². The Morgan fingerprint density at radius 1 is 1.24 bits per heavy atom. The van der Waals surface area contributed by atoms with E-state index >= 15 is 0 Å². The molecule has 2 heteroatoms. The highest BCUT2D eigenvalue weighted by atomic mass is 16.7. The number of hydrogen-bond acceptors (Lipinski definition) is 2. The first kappa shape index (κ1) is 14.6. The highest BCUT2D eigenvalue weighted by molar-refractivity contribution is 5.31. The Morgan fingerprint density at radius 2 is 1.95 bits per heavy atom. The molecule has 1 fully saturated rings. The summed E-state index contributed by atoms with van der Waals surface area (Å²) >= 11 is 0. The molecule has 2 aliphatic carbocycles. The van der Waals surface area contributed by atoms with E-state index in [1.807, 2.05) is 0 Å². The van der Waals surface area contributed by atoms with E-state index in [1.54, 1.807) is 7.11 Å². The Labute approximate surface area is 127 Å². The van der Waals surface area contributed by atoms with E-state index in [9.17, 15) is 0 Å². The van der Waals surface area contributed by atoms with Crippen LogP contribution in [0, 0.1) is 17.8 Å². The zero-order valence-corrected chi connectivity index (χ0v) is 12.9. The maximum atomic E-state index is 5.99. The van der Waals surface area contributed by atoms with Crippen molar-refractivity contribution in [3.05, 3.63) is 60.2 Å². The van der Waals surface area contributed by atoms with Gasteiger partial charge in [-0.05, 0) is 36.7 Å². The van der Waals surface area contributed by atoms with Gasteiger partial charge in [0, 0.05) is 13.0 Å². The fourth-order valence-corrected chi connectivity index (χ4v) is 4.14. The van der Waals surface area contributed by atoms with Gasteiger partial charge in [0.25, 0.3) is 0 Å². The fourth-order valence-electron chi connectivity index (χ4n) is 4.14. The summed E-state index contributed by atoms with van der Waals surface area (Å²) in [4.78, 5) is 0. The maximum Gasteiger partial charge on any atom is 0.147 e. The van der Waals surface area contributed by atoms with Gasteiger partial charge in [0.2, 0.25) is 0 Å². The molecule has 21 heavy (non-hydrogen) atoms. The Kier molecular flexibility index (Phi) is 4.27. The Hall–Kier alpha value is -1.38. The van der Waals surface area contributed by atoms with E-state index in [2.05, 4.69) is 56.0 Å². The fraction of sp³-hybridized carbons (Fsp3) is 0.474. The average Bonchev–Trinajstić information content (AvgIpc) is 3.09. The third-order valence-corrected chi connectivity index (χ3v) is 4.91. The van der Waals surface area contributed by atoms with Gasteiger partial charge in [-0.3, -0.25) is 0 Å². The highest BCUT2D eigenvalue weighted by Crippen LogP contribution is 2.55. The van der Waals surface area contributed by atoms with E-state index in [0.717, 1.165) is 5.57 Å². The van der Waals surface area contributed by atoms with Crippen molar-refractivity contribution in [3.63, 3.8) is 0 Å². The normalized spacial score (nSPS) is 31.5. The zero-order chi connectivity index (χ0) is 14.8. The van der Waals surface area contributed by atoms with Gasteiger partial charge in [0.05, 0.1) is 6.10 Å². The molecule has 1 aromatic rings. The average molecular weight is 284 g/mol. The molecule has 0 aromatic heterocycles. The van der Waals surface area contributed by atoms with Crippen molar-refractivity contribution in [3.8, 4) is 0 Å². The molecule has 2 nitrogen and oxygen atoms in total. The summed E-state index contributed by atoms with van der Waals surface area (Å²) in [6.45, 7) is 6.56. The van der Waals surface area contributed by atoms with Crippen molar-refractivity contribution in [2.24, 2.45) is 17.8 Å². The lowest BCUT2D eigenvalue weighted by Gasteiger charge is -2.35. The van der Waals surface area contributed by atoms with E-state index in [-0.39, 0.29) is 6.10 Å². The number of methoxy groups -OCH3 is 1. The summed E-state index contributed by atoms with van der Waals surface area (Å²) in [6.07, 6.45) is 6.07. The van der Waals surface area contributed by atoms with Gasteiger partial charge >= 0.3 is 0 Å². The van der Waals surface area contributed by atoms with Crippen LogP contribution in [0.25, 0.3) is 0 Å². The van der Waals surface area contributed by atoms with Crippen LogP contribution in [0.3, 0.4) is 0 Å². The number of rotatable bonds is 6. The summed E-state index contributed by atoms with van der Waals surface area (Å²) in [5.41, 5.74) is 2.52. The maximum absolute atomic E-state index is 5.99. The van der Waals surface area contributed by atoms with Crippen LogP contribution in [0.15, 0.2) is 54.6 Å². The van der Waals surface area contributed by atoms with Gasteiger partial charge in [-0.15, -0.1) is 0 Å². The first-order chi connectivity index (χ1) is 10.2. The summed E-state index contributed by atoms with van der Waals surface area (Å²) in [5.74, 6) is 2.23. The molecule has 112 valence electrons. The van der Waals surface area contributed by atoms with Crippen LogP contribution >= 0.6 is 0 Å². The minimum absolute atomic E-state index is 0.0649. The monoisotopic (exact) mass is 284 g/mol. The molecule has 1 unspecified atom stereocenters. The second kappa shape index (κ2) is 6.17. The van der Waals surface area contributed by atoms with Crippen LogP contribution in [0.5, 0.6) is 0 Å². The number of allylic oxidation sites excluding steroid dienone is 2. The van der Waals surface area contributed by atoms with Gasteiger partial charge in [-0.2, -0.15) is 0 Å². The number of ether oxygens (including phenoxy) is 2. The van der Waals surface area contributed by atoms with E-state index in [1.165, 1.54) is 12.0 Å². The standard InChI is InChI=1S/C19H24O2/c1-13(2)19(21-12-20-3)18-16-10-9-15(11-16)17(18)14-7-5-4-6-8-14/h4-10,15-19H,1,11-12H2,2-3H3/t15-,16+,17+,18+,19?/m0/s1. The van der Waals surface area contributed by atoms with Crippen molar-refractivity contribution in [1.82, 2.24) is 0 Å². The Morgan fingerprint density at radius 3 is 2.62 bits per heavy atom. The molecule has 5 atom stereocenters. The Balaban J connectivity index is 1.90. The molecule has 0 radical (unpaired) electrons. The molecule has 3 rings (SSSR count). The summed E-state index contributed by atoms with van der Waals surface area (Å²) in [5, 5.41) is 0. The molecule has 0 saturated heterocycles. The van der Waals surface area contributed by atoms with Crippen LogP contribution in [0.1, 0.15) is 24.8 Å². The molecule has 0 spiro atoms. The van der Waals surface area contributed by atoms with Crippen LogP contribution in [0.2, 0.25) is 0 Å². The van der Waals surface area contributed by atoms with Gasteiger partial charge in [0.1, 0.15) is 6.79 Å². The first-order valence-electron chi connectivity index (χ1n) is 7.71. The largest absolute Gasteiger partial charge is 0.359 e. The smallest absolute Gasteiger partial charge is 0.147 e. The van der Waals surface area contributed by atoms with Gasteiger partial charge in [-0.1, -0.05) is 54.6 Å². The van der Waals surface area contributed by atoms with Crippen molar-refractivity contribution in [2.45, 2.75) is 25.4 Å². The molecule has 0 N–H and O–H groups in total. The molecule has 0 amide bonds. The highest BCUT2D eigenvalue weighted by Gasteiger charge is 2.48. The predicted molar refractivity (Wildman–Crippen MR) is 85.0 cm³/mol. The van der Waals surface area contributed by atoms with Crippen LogP contribution in [-0.2, 0) is 9.47 Å². The Bertz CT molecular complexity index is 520. The van der Waals surface area contributed by atoms with Crippen molar-refractivity contribution in [1.29, 1.82) is 0 Å². The van der Waals surface area contributed by atoms with Gasteiger partial charge in [0.15, 0.2) is 0 Å². The summed E-state index contributed by atoms with van der Waals surface area (Å²) in [7, 11) is 1.67. The number of fused-ring (bicyclic) bond motifs is 2.